The maximum absolute atomic E-state index is 12.3. The summed E-state index contributed by atoms with van der Waals surface area (Å²) in [6.45, 7) is 3.95. The molecular weight excluding hydrogens is 343 g/mol. The zero-order chi connectivity index (χ0) is 17.8. The quantitative estimate of drug-likeness (QED) is 0.666. The van der Waals surface area contributed by atoms with E-state index < -0.39 is 8.38 Å². The van der Waals surface area contributed by atoms with E-state index in [1.165, 1.54) is 0 Å². The fourth-order valence-corrected chi connectivity index (χ4v) is 3.86. The second-order valence-corrected chi connectivity index (χ2v) is 7.39. The fraction of sp³-hybridized carbons (Fsp3) is 0.562. The van der Waals surface area contributed by atoms with Crippen LogP contribution in [-0.2, 0) is 0 Å². The first-order valence-electron chi connectivity index (χ1n) is 8.50. The average molecular weight is 366 g/mol. The lowest BCUT2D eigenvalue weighted by molar-refractivity contribution is 0.326. The van der Waals surface area contributed by atoms with Crippen molar-refractivity contribution in [2.45, 2.75) is 26.2 Å². The molecule has 1 aliphatic rings. The first kappa shape index (κ1) is 18.0. The van der Waals surface area contributed by atoms with Crippen LogP contribution in [0, 0.1) is 5.92 Å². The van der Waals surface area contributed by atoms with Crippen LogP contribution in [0.2, 0.25) is 0 Å². The first-order valence-corrected chi connectivity index (χ1v) is 9.93. The van der Waals surface area contributed by atoms with E-state index in [0.29, 0.717) is 41.2 Å². The highest BCUT2D eigenvalue weighted by molar-refractivity contribution is 7.45. The molecule has 0 aliphatic carbocycles. The molecule has 0 unspecified atom stereocenters. The topological polar surface area (TPSA) is 112 Å². The van der Waals surface area contributed by atoms with Crippen molar-refractivity contribution in [1.29, 1.82) is 0 Å². The molecule has 1 aliphatic heterocycles. The smallest absolute Gasteiger partial charge is 0.275 e. The van der Waals surface area contributed by atoms with Crippen LogP contribution in [0.25, 0.3) is 10.8 Å². The average Bonchev–Trinajstić information content (AvgIpc) is 2.60. The monoisotopic (exact) mass is 366 g/mol. The van der Waals surface area contributed by atoms with E-state index in [4.69, 9.17) is 14.5 Å². The molecule has 0 bridgehead atoms. The summed E-state index contributed by atoms with van der Waals surface area (Å²) in [5, 5.41) is 7.60. The molecular formula is C16H23N4O4P. The molecule has 2 aromatic heterocycles. The third kappa shape index (κ3) is 4.26. The lowest BCUT2D eigenvalue weighted by Crippen LogP contribution is -2.35. The van der Waals surface area contributed by atoms with E-state index in [2.05, 4.69) is 20.1 Å². The standard InChI is InChI=1S/C16H23N4O4P/c1-2-24-13-9-12-10-17-19-16(21)14(12)15(18-13)20-6-3-11(4-7-20)5-8-25(22)23/h9-11,22-23H,2-8H2,1H3,(H,19,21). The number of aromatic nitrogens is 3. The molecule has 136 valence electrons. The van der Waals surface area contributed by atoms with Crippen molar-refractivity contribution in [3.63, 3.8) is 0 Å². The van der Waals surface area contributed by atoms with Crippen molar-refractivity contribution >= 4 is 25.0 Å². The van der Waals surface area contributed by atoms with Gasteiger partial charge in [0.15, 0.2) is 8.38 Å². The number of nitrogens with one attached hydrogen (secondary N) is 1. The van der Waals surface area contributed by atoms with Crippen molar-refractivity contribution in [3.8, 4) is 5.88 Å². The van der Waals surface area contributed by atoms with Crippen LogP contribution in [0.1, 0.15) is 26.2 Å². The van der Waals surface area contributed by atoms with Gasteiger partial charge in [-0.2, -0.15) is 10.1 Å². The molecule has 9 heteroatoms. The minimum absolute atomic E-state index is 0.253. The predicted octanol–water partition coefficient (Wildman–Crippen LogP) is 1.62. The van der Waals surface area contributed by atoms with E-state index in [0.717, 1.165) is 32.4 Å². The molecule has 3 N–H and O–H groups in total. The van der Waals surface area contributed by atoms with Gasteiger partial charge in [0, 0.05) is 30.7 Å². The molecule has 1 fully saturated rings. The zero-order valence-electron chi connectivity index (χ0n) is 14.2. The Morgan fingerprint density at radius 1 is 1.40 bits per heavy atom. The molecule has 0 saturated carbocycles. The zero-order valence-corrected chi connectivity index (χ0v) is 15.1. The summed E-state index contributed by atoms with van der Waals surface area (Å²) < 4.78 is 5.54. The fourth-order valence-electron chi connectivity index (χ4n) is 3.26. The number of fused-ring (bicyclic) bond motifs is 1. The van der Waals surface area contributed by atoms with Gasteiger partial charge in [-0.25, -0.2) is 5.10 Å². The lowest BCUT2D eigenvalue weighted by Gasteiger charge is -2.33. The van der Waals surface area contributed by atoms with Gasteiger partial charge in [-0.1, -0.05) is 0 Å². The summed E-state index contributed by atoms with van der Waals surface area (Å²) in [6.07, 6.45) is 4.78. The second-order valence-electron chi connectivity index (χ2n) is 6.20. The van der Waals surface area contributed by atoms with Crippen LogP contribution in [-0.4, -0.2) is 50.8 Å². The number of hydrogen-bond donors (Lipinski definition) is 3. The minimum atomic E-state index is -1.81. The van der Waals surface area contributed by atoms with Crippen LogP contribution < -0.4 is 15.2 Å². The number of hydrogen-bond acceptors (Lipinski definition) is 7. The minimum Gasteiger partial charge on any atom is -0.478 e. The SMILES string of the molecule is CCOc1cc2cn[nH]c(=O)c2c(N2CCC(CCP(O)O)CC2)n1. The first-order chi connectivity index (χ1) is 12.1. The van der Waals surface area contributed by atoms with E-state index >= 15 is 0 Å². The van der Waals surface area contributed by atoms with Crippen LogP contribution >= 0.6 is 8.38 Å². The lowest BCUT2D eigenvalue weighted by atomic mass is 9.94. The normalized spacial score (nSPS) is 15.9. The van der Waals surface area contributed by atoms with Gasteiger partial charge in [0.2, 0.25) is 5.88 Å². The summed E-state index contributed by atoms with van der Waals surface area (Å²) in [6, 6.07) is 1.74. The largest absolute Gasteiger partial charge is 0.478 e. The highest BCUT2D eigenvalue weighted by Crippen LogP contribution is 2.32. The molecule has 3 rings (SSSR count). The number of piperidine rings is 1. The number of rotatable bonds is 6. The van der Waals surface area contributed by atoms with Gasteiger partial charge < -0.3 is 19.4 Å². The van der Waals surface area contributed by atoms with E-state index in [1.54, 1.807) is 12.3 Å². The highest BCUT2D eigenvalue weighted by atomic mass is 31.2. The van der Waals surface area contributed by atoms with Crippen LogP contribution in [0.4, 0.5) is 5.82 Å². The third-order valence-electron chi connectivity index (χ3n) is 4.55. The number of ether oxygens (including phenoxy) is 1. The number of aromatic amines is 1. The van der Waals surface area contributed by atoms with E-state index in [9.17, 15) is 4.79 Å². The Bertz CT molecular complexity index is 774. The van der Waals surface area contributed by atoms with Gasteiger partial charge in [-0.15, -0.1) is 0 Å². The highest BCUT2D eigenvalue weighted by Gasteiger charge is 2.24. The van der Waals surface area contributed by atoms with Crippen molar-refractivity contribution < 1.29 is 14.5 Å². The Hall–Kier alpha value is -1.76. The molecule has 0 aromatic carbocycles. The predicted molar refractivity (Wildman–Crippen MR) is 97.1 cm³/mol. The van der Waals surface area contributed by atoms with Crippen molar-refractivity contribution in [3.05, 3.63) is 22.6 Å². The number of H-pyrrole nitrogens is 1. The maximum atomic E-state index is 12.3. The van der Waals surface area contributed by atoms with Gasteiger partial charge in [0.25, 0.3) is 5.56 Å². The van der Waals surface area contributed by atoms with Gasteiger partial charge in [0.1, 0.15) is 5.82 Å². The van der Waals surface area contributed by atoms with E-state index in [-0.39, 0.29) is 5.56 Å². The van der Waals surface area contributed by atoms with Gasteiger partial charge in [-0.3, -0.25) is 4.79 Å². The Kier molecular flexibility index (Phi) is 5.83. The maximum Gasteiger partial charge on any atom is 0.275 e. The molecule has 0 amide bonds. The molecule has 0 atom stereocenters. The van der Waals surface area contributed by atoms with Gasteiger partial charge >= 0.3 is 0 Å². The summed E-state index contributed by atoms with van der Waals surface area (Å²) in [5.41, 5.74) is -0.253. The van der Waals surface area contributed by atoms with Crippen molar-refractivity contribution in [2.75, 3.05) is 30.8 Å². The number of anilines is 1. The Morgan fingerprint density at radius 3 is 2.84 bits per heavy atom. The Labute approximate surface area is 146 Å². The van der Waals surface area contributed by atoms with Gasteiger partial charge in [-0.05, 0) is 32.1 Å². The third-order valence-corrected chi connectivity index (χ3v) is 5.21. The molecule has 8 nitrogen and oxygen atoms in total. The molecule has 0 spiro atoms. The van der Waals surface area contributed by atoms with E-state index in [1.807, 2.05) is 6.92 Å². The molecule has 3 heterocycles. The van der Waals surface area contributed by atoms with Crippen LogP contribution in [0.5, 0.6) is 5.88 Å². The molecule has 25 heavy (non-hydrogen) atoms. The van der Waals surface area contributed by atoms with Crippen molar-refractivity contribution in [1.82, 2.24) is 15.2 Å². The summed E-state index contributed by atoms with van der Waals surface area (Å²) >= 11 is 0. The summed E-state index contributed by atoms with van der Waals surface area (Å²) in [7, 11) is -1.81. The molecule has 0 radical (unpaired) electrons. The van der Waals surface area contributed by atoms with Crippen molar-refractivity contribution in [2.24, 2.45) is 5.92 Å². The summed E-state index contributed by atoms with van der Waals surface area (Å²) in [5.74, 6) is 1.60. The second kappa shape index (κ2) is 8.08. The molecule has 1 saturated heterocycles. The number of pyridine rings is 1. The molecule has 2 aromatic rings. The van der Waals surface area contributed by atoms with Crippen LogP contribution in [0.3, 0.4) is 0 Å². The van der Waals surface area contributed by atoms with Gasteiger partial charge in [0.05, 0.1) is 18.2 Å². The van der Waals surface area contributed by atoms with Crippen LogP contribution in [0.15, 0.2) is 17.1 Å². The Morgan fingerprint density at radius 2 is 2.16 bits per heavy atom. The number of nitrogens with zero attached hydrogens (tertiary/aromatic N) is 3. The Balaban J connectivity index is 1.84. The summed E-state index contributed by atoms with van der Waals surface area (Å²) in [4.78, 5) is 37.1.